The average molecular weight is 461 g/mol. The summed E-state index contributed by atoms with van der Waals surface area (Å²) < 4.78 is 7.39. The standard InChI is InChI=1S/C27H19N5O3/c1-16-9-21(35-20-4-2-3-17(11-20)13-28)6-8-25(16)32-27(29)22(14-30-32)26(34)24-12-19-10-18(15-33)5-7-23(19)31-24/h2-12,14-15,31H,29H2,1H3. The number of fused-ring (bicyclic) bond motifs is 1. The topological polar surface area (TPSA) is 127 Å². The molecule has 3 aromatic carbocycles. The number of H-pyrrole nitrogens is 1. The van der Waals surface area contributed by atoms with Crippen molar-refractivity contribution in [3.63, 3.8) is 0 Å². The van der Waals surface area contributed by atoms with Gasteiger partial charge in [0, 0.05) is 16.5 Å². The van der Waals surface area contributed by atoms with Gasteiger partial charge in [-0.25, -0.2) is 4.68 Å². The summed E-state index contributed by atoms with van der Waals surface area (Å²) in [6.07, 6.45) is 2.20. The van der Waals surface area contributed by atoms with Crippen molar-refractivity contribution in [1.29, 1.82) is 5.26 Å². The number of benzene rings is 3. The number of rotatable bonds is 6. The highest BCUT2D eigenvalue weighted by atomic mass is 16.5. The summed E-state index contributed by atoms with van der Waals surface area (Å²) in [6, 6.07) is 21.2. The number of carbonyl (C=O) groups excluding carboxylic acids is 2. The minimum absolute atomic E-state index is 0.209. The molecular weight excluding hydrogens is 442 g/mol. The molecule has 0 aliphatic carbocycles. The van der Waals surface area contributed by atoms with Gasteiger partial charge >= 0.3 is 0 Å². The summed E-state index contributed by atoms with van der Waals surface area (Å²) >= 11 is 0. The molecule has 0 amide bonds. The molecule has 0 atom stereocenters. The van der Waals surface area contributed by atoms with Crippen LogP contribution in [0.25, 0.3) is 16.6 Å². The predicted molar refractivity (Wildman–Crippen MR) is 131 cm³/mol. The second kappa shape index (κ2) is 8.65. The number of anilines is 1. The zero-order valence-corrected chi connectivity index (χ0v) is 18.6. The number of aromatic nitrogens is 3. The molecule has 2 aromatic heterocycles. The van der Waals surface area contributed by atoms with E-state index in [0.717, 1.165) is 22.8 Å². The van der Waals surface area contributed by atoms with Crippen LogP contribution in [0.3, 0.4) is 0 Å². The Morgan fingerprint density at radius 1 is 1.11 bits per heavy atom. The van der Waals surface area contributed by atoms with E-state index in [1.54, 1.807) is 60.7 Å². The zero-order valence-electron chi connectivity index (χ0n) is 18.6. The van der Waals surface area contributed by atoms with Gasteiger partial charge in [-0.2, -0.15) is 10.4 Å². The van der Waals surface area contributed by atoms with E-state index in [1.807, 2.05) is 13.0 Å². The maximum Gasteiger partial charge on any atom is 0.214 e. The van der Waals surface area contributed by atoms with Gasteiger partial charge < -0.3 is 15.5 Å². The second-order valence-electron chi connectivity index (χ2n) is 8.02. The lowest BCUT2D eigenvalue weighted by molar-refractivity contribution is 0.103. The van der Waals surface area contributed by atoms with Crippen molar-refractivity contribution in [2.24, 2.45) is 0 Å². The summed E-state index contributed by atoms with van der Waals surface area (Å²) in [5, 5.41) is 14.2. The van der Waals surface area contributed by atoms with Crippen LogP contribution >= 0.6 is 0 Å². The molecule has 0 radical (unpaired) electrons. The van der Waals surface area contributed by atoms with Crippen molar-refractivity contribution in [2.45, 2.75) is 6.92 Å². The van der Waals surface area contributed by atoms with Gasteiger partial charge in [-0.05, 0) is 73.2 Å². The molecular formula is C27H19N5O3. The minimum Gasteiger partial charge on any atom is -0.457 e. The number of nitrogens with two attached hydrogens (primary N) is 1. The fraction of sp³-hybridized carbons (Fsp3) is 0.0370. The number of nitriles is 1. The first-order valence-corrected chi connectivity index (χ1v) is 10.7. The maximum absolute atomic E-state index is 13.2. The van der Waals surface area contributed by atoms with E-state index in [-0.39, 0.29) is 17.2 Å². The average Bonchev–Trinajstić information content (AvgIpc) is 3.47. The van der Waals surface area contributed by atoms with Crippen LogP contribution in [0.2, 0.25) is 0 Å². The van der Waals surface area contributed by atoms with Gasteiger partial charge in [-0.15, -0.1) is 0 Å². The Labute approximate surface area is 200 Å². The molecule has 170 valence electrons. The molecule has 5 aromatic rings. The second-order valence-corrected chi connectivity index (χ2v) is 8.02. The van der Waals surface area contributed by atoms with E-state index in [2.05, 4.69) is 16.2 Å². The van der Waals surface area contributed by atoms with Gasteiger partial charge in [0.2, 0.25) is 5.78 Å². The maximum atomic E-state index is 13.2. The van der Waals surface area contributed by atoms with Crippen molar-refractivity contribution >= 4 is 28.8 Å². The summed E-state index contributed by atoms with van der Waals surface area (Å²) in [5.41, 5.74) is 10.3. The van der Waals surface area contributed by atoms with Crippen LogP contribution in [0.15, 0.2) is 72.9 Å². The predicted octanol–water partition coefficient (Wildman–Crippen LogP) is 4.95. The van der Waals surface area contributed by atoms with E-state index in [0.29, 0.717) is 34.0 Å². The van der Waals surface area contributed by atoms with Crippen LogP contribution in [-0.2, 0) is 0 Å². The number of aldehydes is 1. The number of hydrogen-bond donors (Lipinski definition) is 2. The van der Waals surface area contributed by atoms with E-state index >= 15 is 0 Å². The van der Waals surface area contributed by atoms with Crippen molar-refractivity contribution in [3.05, 3.63) is 101 Å². The van der Waals surface area contributed by atoms with Crippen LogP contribution in [-0.4, -0.2) is 26.8 Å². The highest BCUT2D eigenvalue weighted by Gasteiger charge is 2.20. The largest absolute Gasteiger partial charge is 0.457 e. The zero-order chi connectivity index (χ0) is 24.5. The van der Waals surface area contributed by atoms with Crippen molar-refractivity contribution in [1.82, 2.24) is 14.8 Å². The highest BCUT2D eigenvalue weighted by Crippen LogP contribution is 2.28. The van der Waals surface area contributed by atoms with Gasteiger partial charge in [-0.3, -0.25) is 9.59 Å². The number of aryl methyl sites for hydroxylation is 1. The molecule has 0 aliphatic rings. The van der Waals surface area contributed by atoms with E-state index in [4.69, 9.17) is 15.7 Å². The molecule has 0 bridgehead atoms. The quantitative estimate of drug-likeness (QED) is 0.272. The Bertz CT molecular complexity index is 1660. The Morgan fingerprint density at radius 3 is 2.71 bits per heavy atom. The van der Waals surface area contributed by atoms with Gasteiger partial charge in [0.15, 0.2) is 0 Å². The summed E-state index contributed by atoms with van der Waals surface area (Å²) in [4.78, 5) is 27.3. The number of nitrogens with zero attached hydrogens (tertiary/aromatic N) is 3. The molecule has 3 N–H and O–H groups in total. The SMILES string of the molecule is Cc1cc(Oc2cccc(C#N)c2)ccc1-n1ncc(C(=O)c2cc3cc(C=O)ccc3[nH]2)c1N. The minimum atomic E-state index is -0.299. The number of carbonyl (C=O) groups is 2. The molecule has 0 saturated heterocycles. The molecule has 2 heterocycles. The molecule has 5 rings (SSSR count). The number of nitrogens with one attached hydrogen (secondary N) is 1. The van der Waals surface area contributed by atoms with Gasteiger partial charge in [0.1, 0.15) is 23.6 Å². The molecule has 0 unspecified atom stereocenters. The third-order valence-corrected chi connectivity index (χ3v) is 5.67. The van der Waals surface area contributed by atoms with Crippen molar-refractivity contribution < 1.29 is 14.3 Å². The normalized spacial score (nSPS) is 10.7. The molecule has 35 heavy (non-hydrogen) atoms. The lowest BCUT2D eigenvalue weighted by Crippen LogP contribution is -2.08. The molecule has 0 fully saturated rings. The lowest BCUT2D eigenvalue weighted by Gasteiger charge is -2.11. The van der Waals surface area contributed by atoms with E-state index in [9.17, 15) is 9.59 Å². The Hall–Kier alpha value is -5.16. The number of hydrogen-bond acceptors (Lipinski definition) is 6. The van der Waals surface area contributed by atoms with Crippen molar-refractivity contribution in [2.75, 3.05) is 5.73 Å². The van der Waals surface area contributed by atoms with Gasteiger partial charge in [-0.1, -0.05) is 6.07 Å². The van der Waals surface area contributed by atoms with Crippen LogP contribution in [0.5, 0.6) is 11.5 Å². The first kappa shape index (κ1) is 21.7. The number of aromatic amines is 1. The molecule has 8 nitrogen and oxygen atoms in total. The number of ketones is 1. The summed E-state index contributed by atoms with van der Waals surface area (Å²) in [7, 11) is 0. The Kier molecular flexibility index (Phi) is 5.36. The van der Waals surface area contributed by atoms with Gasteiger partial charge in [0.05, 0.1) is 34.8 Å². The Morgan fingerprint density at radius 2 is 1.94 bits per heavy atom. The third-order valence-electron chi connectivity index (χ3n) is 5.67. The van der Waals surface area contributed by atoms with Crippen LogP contribution in [0.1, 0.15) is 37.5 Å². The molecule has 0 saturated carbocycles. The van der Waals surface area contributed by atoms with Crippen molar-refractivity contribution in [3.8, 4) is 23.3 Å². The molecule has 8 heteroatoms. The highest BCUT2D eigenvalue weighted by molar-refractivity contribution is 6.12. The van der Waals surface area contributed by atoms with Crippen LogP contribution in [0.4, 0.5) is 5.82 Å². The first-order valence-electron chi connectivity index (χ1n) is 10.7. The van der Waals surface area contributed by atoms with Gasteiger partial charge in [0.25, 0.3) is 0 Å². The molecule has 0 spiro atoms. The smallest absolute Gasteiger partial charge is 0.214 e. The third kappa shape index (κ3) is 4.03. The summed E-state index contributed by atoms with van der Waals surface area (Å²) in [5.74, 6) is 1.06. The number of nitrogen functional groups attached to an aromatic ring is 1. The van der Waals surface area contributed by atoms with Crippen LogP contribution < -0.4 is 10.5 Å². The summed E-state index contributed by atoms with van der Waals surface area (Å²) in [6.45, 7) is 1.89. The molecule has 0 aliphatic heterocycles. The fourth-order valence-corrected chi connectivity index (χ4v) is 3.91. The monoisotopic (exact) mass is 461 g/mol. The lowest BCUT2D eigenvalue weighted by atomic mass is 10.1. The Balaban J connectivity index is 1.42. The number of ether oxygens (including phenoxy) is 1. The van der Waals surface area contributed by atoms with Crippen LogP contribution in [0, 0.1) is 18.3 Å². The fourth-order valence-electron chi connectivity index (χ4n) is 3.91. The van der Waals surface area contributed by atoms with E-state index in [1.165, 1.54) is 10.9 Å². The van der Waals surface area contributed by atoms with E-state index < -0.39 is 0 Å². The first-order chi connectivity index (χ1) is 17.0.